The number of aliphatic hydroxyl groups is 1. The molecule has 0 fully saturated rings. The molecule has 2 rings (SSSR count). The Hall–Kier alpha value is -1.06. The highest BCUT2D eigenvalue weighted by Gasteiger charge is 2.33. The van der Waals surface area contributed by atoms with Crippen molar-refractivity contribution < 1.29 is 9.90 Å². The van der Waals surface area contributed by atoms with Gasteiger partial charge in [-0.05, 0) is 25.5 Å². The molecular weight excluding hydrogens is 226 g/mol. The van der Waals surface area contributed by atoms with Crippen molar-refractivity contribution in [1.82, 2.24) is 5.32 Å². The van der Waals surface area contributed by atoms with Crippen LogP contribution in [0.1, 0.15) is 42.2 Å². The SMILES string of the molecule is CC(C)(O)CC1NC(=O)c2c(Cl)cccc21. The number of nitrogens with one attached hydrogen (secondary N) is 1. The first kappa shape index (κ1) is 11.4. The Kier molecular flexibility index (Phi) is 2.68. The van der Waals surface area contributed by atoms with Crippen molar-refractivity contribution in [1.29, 1.82) is 0 Å². The molecule has 0 aromatic heterocycles. The van der Waals surface area contributed by atoms with Crippen molar-refractivity contribution in [3.63, 3.8) is 0 Å². The molecule has 1 atom stereocenters. The third kappa shape index (κ3) is 2.06. The van der Waals surface area contributed by atoms with Crippen LogP contribution in [0.4, 0.5) is 0 Å². The van der Waals surface area contributed by atoms with Crippen LogP contribution in [0.2, 0.25) is 5.02 Å². The van der Waals surface area contributed by atoms with E-state index in [1.54, 1.807) is 19.9 Å². The van der Waals surface area contributed by atoms with E-state index in [1.807, 2.05) is 12.1 Å². The average Bonchev–Trinajstić information content (AvgIpc) is 2.42. The van der Waals surface area contributed by atoms with Crippen LogP contribution >= 0.6 is 11.6 Å². The van der Waals surface area contributed by atoms with Gasteiger partial charge in [-0.25, -0.2) is 0 Å². The fraction of sp³-hybridized carbons (Fsp3) is 0.417. The Morgan fingerprint density at radius 2 is 2.19 bits per heavy atom. The molecule has 0 saturated carbocycles. The number of amides is 1. The molecular formula is C12H14ClNO2. The molecule has 1 aliphatic heterocycles. The van der Waals surface area contributed by atoms with Crippen LogP contribution in [-0.2, 0) is 0 Å². The lowest BCUT2D eigenvalue weighted by Gasteiger charge is -2.22. The summed E-state index contributed by atoms with van der Waals surface area (Å²) in [6.07, 6.45) is 0.478. The number of carbonyl (C=O) groups excluding carboxylic acids is 1. The second-order valence-electron chi connectivity index (χ2n) is 4.75. The fourth-order valence-electron chi connectivity index (χ4n) is 2.04. The Bertz CT molecular complexity index is 437. The van der Waals surface area contributed by atoms with Crippen LogP contribution in [-0.4, -0.2) is 16.6 Å². The van der Waals surface area contributed by atoms with Gasteiger partial charge in [-0.15, -0.1) is 0 Å². The van der Waals surface area contributed by atoms with Crippen molar-refractivity contribution in [2.45, 2.75) is 31.9 Å². The molecule has 1 amide bonds. The third-order valence-electron chi connectivity index (χ3n) is 2.66. The van der Waals surface area contributed by atoms with Crippen molar-refractivity contribution >= 4 is 17.5 Å². The first-order chi connectivity index (χ1) is 7.38. The molecule has 0 radical (unpaired) electrons. The highest BCUT2D eigenvalue weighted by atomic mass is 35.5. The maximum atomic E-state index is 11.7. The number of carbonyl (C=O) groups is 1. The van der Waals surface area contributed by atoms with Gasteiger partial charge < -0.3 is 10.4 Å². The van der Waals surface area contributed by atoms with Crippen molar-refractivity contribution in [2.75, 3.05) is 0 Å². The van der Waals surface area contributed by atoms with Gasteiger partial charge in [0.15, 0.2) is 0 Å². The molecule has 4 heteroatoms. The van der Waals surface area contributed by atoms with E-state index in [0.717, 1.165) is 5.56 Å². The smallest absolute Gasteiger partial charge is 0.253 e. The zero-order valence-electron chi connectivity index (χ0n) is 9.25. The monoisotopic (exact) mass is 239 g/mol. The summed E-state index contributed by atoms with van der Waals surface area (Å²) in [7, 11) is 0. The van der Waals surface area contributed by atoms with Crippen LogP contribution in [0.5, 0.6) is 0 Å². The summed E-state index contributed by atoms with van der Waals surface area (Å²) in [6.45, 7) is 3.45. The maximum absolute atomic E-state index is 11.7. The highest BCUT2D eigenvalue weighted by molar-refractivity contribution is 6.34. The molecule has 16 heavy (non-hydrogen) atoms. The topological polar surface area (TPSA) is 49.3 Å². The van der Waals surface area contributed by atoms with E-state index in [9.17, 15) is 9.90 Å². The summed E-state index contributed by atoms with van der Waals surface area (Å²) in [5.41, 5.74) is 0.597. The summed E-state index contributed by atoms with van der Waals surface area (Å²) in [5, 5.41) is 13.1. The first-order valence-electron chi connectivity index (χ1n) is 5.20. The molecule has 1 heterocycles. The van der Waals surface area contributed by atoms with Crippen molar-refractivity contribution in [3.05, 3.63) is 34.3 Å². The van der Waals surface area contributed by atoms with Crippen molar-refractivity contribution in [3.8, 4) is 0 Å². The summed E-state index contributed by atoms with van der Waals surface area (Å²) >= 11 is 5.98. The molecule has 86 valence electrons. The second-order valence-corrected chi connectivity index (χ2v) is 5.15. The summed E-state index contributed by atoms with van der Waals surface area (Å²) < 4.78 is 0. The molecule has 1 aromatic rings. The lowest BCUT2D eigenvalue weighted by atomic mass is 9.94. The molecule has 1 aromatic carbocycles. The lowest BCUT2D eigenvalue weighted by Crippen LogP contribution is -2.28. The summed E-state index contributed by atoms with van der Waals surface area (Å²) in [4.78, 5) is 11.7. The molecule has 0 bridgehead atoms. The average molecular weight is 240 g/mol. The van der Waals surface area contributed by atoms with Crippen LogP contribution in [0, 0.1) is 0 Å². The number of hydrogen-bond donors (Lipinski definition) is 2. The number of rotatable bonds is 2. The van der Waals surface area contributed by atoms with Gasteiger partial charge >= 0.3 is 0 Å². The molecule has 2 N–H and O–H groups in total. The van der Waals surface area contributed by atoms with Crippen LogP contribution < -0.4 is 5.32 Å². The van der Waals surface area contributed by atoms with E-state index in [0.29, 0.717) is 17.0 Å². The van der Waals surface area contributed by atoms with Crippen molar-refractivity contribution in [2.24, 2.45) is 0 Å². The standard InChI is InChI=1S/C12H14ClNO2/c1-12(2,16)6-9-7-4-3-5-8(13)10(7)11(15)14-9/h3-5,9,16H,6H2,1-2H3,(H,14,15). The van der Waals surface area contributed by atoms with Gasteiger partial charge in [0.2, 0.25) is 0 Å². The van der Waals surface area contributed by atoms with E-state index < -0.39 is 5.60 Å². The molecule has 1 unspecified atom stereocenters. The Labute approximate surface area is 99.4 Å². The van der Waals surface area contributed by atoms with E-state index in [1.165, 1.54) is 0 Å². The largest absolute Gasteiger partial charge is 0.390 e. The highest BCUT2D eigenvalue weighted by Crippen LogP contribution is 2.34. The predicted molar refractivity (Wildman–Crippen MR) is 62.6 cm³/mol. The summed E-state index contributed by atoms with van der Waals surface area (Å²) in [5.74, 6) is -0.158. The number of halogens is 1. The Morgan fingerprint density at radius 3 is 2.81 bits per heavy atom. The minimum atomic E-state index is -0.818. The molecule has 0 aliphatic carbocycles. The van der Waals surface area contributed by atoms with E-state index in [-0.39, 0.29) is 11.9 Å². The van der Waals surface area contributed by atoms with Crippen LogP contribution in [0.25, 0.3) is 0 Å². The van der Waals surface area contributed by atoms with Crippen LogP contribution in [0.3, 0.4) is 0 Å². The van der Waals surface area contributed by atoms with E-state index >= 15 is 0 Å². The Morgan fingerprint density at radius 1 is 1.50 bits per heavy atom. The number of fused-ring (bicyclic) bond motifs is 1. The molecule has 1 aliphatic rings. The number of hydrogen-bond acceptors (Lipinski definition) is 2. The van der Waals surface area contributed by atoms with Gasteiger partial charge in [-0.2, -0.15) is 0 Å². The van der Waals surface area contributed by atoms with Gasteiger partial charge in [0.1, 0.15) is 0 Å². The van der Waals surface area contributed by atoms with Gasteiger partial charge in [0.05, 0.1) is 22.2 Å². The second kappa shape index (κ2) is 3.75. The molecule has 0 spiro atoms. The predicted octanol–water partition coefficient (Wildman–Crippen LogP) is 2.29. The maximum Gasteiger partial charge on any atom is 0.253 e. The minimum absolute atomic E-state index is 0.152. The summed E-state index contributed by atoms with van der Waals surface area (Å²) in [6, 6.07) is 5.24. The Balaban J connectivity index is 2.37. The van der Waals surface area contributed by atoms with E-state index in [4.69, 9.17) is 11.6 Å². The first-order valence-corrected chi connectivity index (χ1v) is 5.58. The quantitative estimate of drug-likeness (QED) is 0.832. The van der Waals surface area contributed by atoms with Gasteiger partial charge in [-0.1, -0.05) is 23.7 Å². The van der Waals surface area contributed by atoms with Gasteiger partial charge in [-0.3, -0.25) is 4.79 Å². The van der Waals surface area contributed by atoms with Crippen LogP contribution in [0.15, 0.2) is 18.2 Å². The molecule has 0 saturated heterocycles. The number of benzene rings is 1. The van der Waals surface area contributed by atoms with Gasteiger partial charge in [0.25, 0.3) is 5.91 Å². The molecule has 3 nitrogen and oxygen atoms in total. The normalized spacial score (nSPS) is 19.5. The third-order valence-corrected chi connectivity index (χ3v) is 2.97. The fourth-order valence-corrected chi connectivity index (χ4v) is 2.31. The minimum Gasteiger partial charge on any atom is -0.390 e. The van der Waals surface area contributed by atoms with Gasteiger partial charge in [0, 0.05) is 6.42 Å². The zero-order chi connectivity index (χ0) is 11.9. The lowest BCUT2D eigenvalue weighted by molar-refractivity contribution is 0.0591. The zero-order valence-corrected chi connectivity index (χ0v) is 10.0. The van der Waals surface area contributed by atoms with E-state index in [2.05, 4.69) is 5.32 Å².